The molecule has 0 saturated heterocycles. The number of hydrogen-bond acceptors (Lipinski definition) is 4. The first-order chi connectivity index (χ1) is 9.22. The summed E-state index contributed by atoms with van der Waals surface area (Å²) in [6.07, 6.45) is 1.80. The average molecular weight is 275 g/mol. The van der Waals surface area contributed by atoms with Crippen LogP contribution < -0.4 is 4.90 Å². The number of esters is 1. The number of benzene rings is 1. The number of para-hydroxylation sites is 1. The molecule has 3 rings (SSSR count). The Kier molecular flexibility index (Phi) is 3.27. The smallest absolute Gasteiger partial charge is 0.335 e. The van der Waals surface area contributed by atoms with Gasteiger partial charge in [0.1, 0.15) is 0 Å². The van der Waals surface area contributed by atoms with Crippen molar-refractivity contribution in [2.45, 2.75) is 37.0 Å². The average Bonchev–Trinajstić information content (AvgIpc) is 2.78. The van der Waals surface area contributed by atoms with Crippen LogP contribution in [0.15, 0.2) is 40.4 Å². The third kappa shape index (κ3) is 2.04. The summed E-state index contributed by atoms with van der Waals surface area (Å²) in [6, 6.07) is 8.39. The molecule has 4 heteroatoms. The van der Waals surface area contributed by atoms with Gasteiger partial charge in [0.05, 0.1) is 23.2 Å². The summed E-state index contributed by atoms with van der Waals surface area (Å²) < 4.78 is 5.16. The van der Waals surface area contributed by atoms with Crippen LogP contribution in [0.5, 0.6) is 0 Å². The van der Waals surface area contributed by atoms with Crippen molar-refractivity contribution < 1.29 is 9.53 Å². The van der Waals surface area contributed by atoms with Crippen molar-refractivity contribution in [1.82, 2.24) is 0 Å². The molecule has 0 spiro atoms. The van der Waals surface area contributed by atoms with E-state index in [1.807, 2.05) is 31.7 Å². The van der Waals surface area contributed by atoms with E-state index in [9.17, 15) is 4.79 Å². The lowest BCUT2D eigenvalue weighted by molar-refractivity contribution is -0.138. The third-order valence-electron chi connectivity index (χ3n) is 3.64. The number of carbonyl (C=O) groups is 1. The topological polar surface area (TPSA) is 29.5 Å². The molecule has 2 aliphatic heterocycles. The normalized spacial score (nSPS) is 21.2. The van der Waals surface area contributed by atoms with Crippen molar-refractivity contribution in [2.24, 2.45) is 0 Å². The highest BCUT2D eigenvalue weighted by Crippen LogP contribution is 2.49. The number of rotatable bonds is 2. The molecule has 0 aromatic heterocycles. The molecule has 0 amide bonds. The van der Waals surface area contributed by atoms with Crippen molar-refractivity contribution in [3.05, 3.63) is 35.5 Å². The van der Waals surface area contributed by atoms with E-state index in [0.29, 0.717) is 12.0 Å². The van der Waals surface area contributed by atoms with Crippen LogP contribution in [0.25, 0.3) is 0 Å². The predicted molar refractivity (Wildman–Crippen MR) is 77.1 cm³/mol. The molecule has 0 N–H and O–H groups in total. The van der Waals surface area contributed by atoms with Crippen LogP contribution >= 0.6 is 11.8 Å². The monoisotopic (exact) mass is 275 g/mol. The van der Waals surface area contributed by atoms with E-state index in [1.54, 1.807) is 0 Å². The molecule has 1 unspecified atom stereocenters. The molecule has 0 fully saturated rings. The Morgan fingerprint density at radius 2 is 2.26 bits per heavy atom. The summed E-state index contributed by atoms with van der Waals surface area (Å²) in [6.45, 7) is 4.31. The fourth-order valence-corrected chi connectivity index (χ4v) is 4.11. The number of ether oxygens (including phenoxy) is 1. The molecule has 2 heterocycles. The maximum Gasteiger partial charge on any atom is 0.335 e. The van der Waals surface area contributed by atoms with Crippen LogP contribution in [0.2, 0.25) is 0 Å². The van der Waals surface area contributed by atoms with Gasteiger partial charge >= 0.3 is 5.97 Å². The van der Waals surface area contributed by atoms with Crippen LogP contribution in [0.4, 0.5) is 5.69 Å². The quantitative estimate of drug-likeness (QED) is 0.772. The van der Waals surface area contributed by atoms with Gasteiger partial charge in [-0.25, -0.2) is 4.79 Å². The molecule has 1 aromatic rings. The van der Waals surface area contributed by atoms with Crippen LogP contribution in [-0.2, 0) is 9.53 Å². The van der Waals surface area contributed by atoms with E-state index >= 15 is 0 Å². The second kappa shape index (κ2) is 4.93. The summed E-state index contributed by atoms with van der Waals surface area (Å²) in [5, 5.41) is 0.426. The summed E-state index contributed by atoms with van der Waals surface area (Å²) >= 11 is 1.89. The Labute approximate surface area is 117 Å². The van der Waals surface area contributed by atoms with Gasteiger partial charge in [0, 0.05) is 10.6 Å². The van der Waals surface area contributed by atoms with E-state index in [1.165, 1.54) is 10.6 Å². The van der Waals surface area contributed by atoms with Gasteiger partial charge in [0.15, 0.2) is 0 Å². The first-order valence-corrected chi connectivity index (χ1v) is 7.52. The van der Waals surface area contributed by atoms with E-state index < -0.39 is 0 Å². The molecular weight excluding hydrogens is 258 g/mol. The van der Waals surface area contributed by atoms with E-state index in [4.69, 9.17) is 4.74 Å². The lowest BCUT2D eigenvalue weighted by Crippen LogP contribution is -2.34. The SMILES string of the molecule is CCOC(=O)C1=C(C)N2c3ccccc3SC2CC1. The van der Waals surface area contributed by atoms with Gasteiger partial charge in [0.2, 0.25) is 0 Å². The molecule has 1 aromatic carbocycles. The molecule has 100 valence electrons. The van der Waals surface area contributed by atoms with Crippen molar-refractivity contribution in [3.8, 4) is 0 Å². The number of anilines is 1. The molecule has 0 saturated carbocycles. The van der Waals surface area contributed by atoms with Crippen molar-refractivity contribution in [2.75, 3.05) is 11.5 Å². The molecule has 0 bridgehead atoms. The number of thioether (sulfide) groups is 1. The van der Waals surface area contributed by atoms with Gasteiger partial charge in [-0.2, -0.15) is 0 Å². The number of carbonyl (C=O) groups excluding carboxylic acids is 1. The van der Waals surface area contributed by atoms with Crippen LogP contribution in [0.1, 0.15) is 26.7 Å². The summed E-state index contributed by atoms with van der Waals surface area (Å²) in [4.78, 5) is 15.6. The fraction of sp³-hybridized carbons (Fsp3) is 0.400. The van der Waals surface area contributed by atoms with Gasteiger partial charge in [0.25, 0.3) is 0 Å². The number of allylic oxidation sites excluding steroid dienone is 1. The summed E-state index contributed by atoms with van der Waals surface area (Å²) in [5.74, 6) is -0.159. The highest BCUT2D eigenvalue weighted by atomic mass is 32.2. The Hall–Kier alpha value is -1.42. The van der Waals surface area contributed by atoms with E-state index in [-0.39, 0.29) is 5.97 Å². The summed E-state index contributed by atoms with van der Waals surface area (Å²) in [7, 11) is 0. The first kappa shape index (κ1) is 12.6. The van der Waals surface area contributed by atoms with E-state index in [0.717, 1.165) is 24.1 Å². The minimum atomic E-state index is -0.159. The second-order valence-electron chi connectivity index (χ2n) is 4.73. The fourth-order valence-electron chi connectivity index (χ4n) is 2.76. The number of fused-ring (bicyclic) bond motifs is 3. The standard InChI is InChI=1S/C15H17NO2S/c1-3-18-15(17)11-8-9-14-16(10(11)2)12-6-4-5-7-13(12)19-14/h4-7,14H,3,8-9H2,1-2H3. The number of hydrogen-bond donors (Lipinski definition) is 0. The minimum absolute atomic E-state index is 0.159. The molecule has 2 aliphatic rings. The van der Waals surface area contributed by atoms with Gasteiger partial charge in [-0.15, -0.1) is 0 Å². The molecule has 0 radical (unpaired) electrons. The minimum Gasteiger partial charge on any atom is -0.463 e. The van der Waals surface area contributed by atoms with Crippen LogP contribution in [0, 0.1) is 0 Å². The number of nitrogens with zero attached hydrogens (tertiary/aromatic N) is 1. The summed E-state index contributed by atoms with van der Waals surface area (Å²) in [5.41, 5.74) is 3.10. The largest absolute Gasteiger partial charge is 0.463 e. The molecule has 3 nitrogen and oxygen atoms in total. The zero-order valence-corrected chi connectivity index (χ0v) is 12.0. The van der Waals surface area contributed by atoms with Crippen molar-refractivity contribution >= 4 is 23.4 Å². The molecule has 19 heavy (non-hydrogen) atoms. The first-order valence-electron chi connectivity index (χ1n) is 6.64. The Bertz CT molecular complexity index is 553. The zero-order chi connectivity index (χ0) is 13.4. The van der Waals surface area contributed by atoms with Crippen molar-refractivity contribution in [1.29, 1.82) is 0 Å². The predicted octanol–water partition coefficient (Wildman–Crippen LogP) is 3.56. The second-order valence-corrected chi connectivity index (χ2v) is 5.95. The van der Waals surface area contributed by atoms with Gasteiger partial charge in [-0.05, 0) is 38.8 Å². The Morgan fingerprint density at radius 1 is 1.47 bits per heavy atom. The van der Waals surface area contributed by atoms with Gasteiger partial charge < -0.3 is 9.64 Å². The van der Waals surface area contributed by atoms with Crippen molar-refractivity contribution in [3.63, 3.8) is 0 Å². The lowest BCUT2D eigenvalue weighted by atomic mass is 10.0. The maximum absolute atomic E-state index is 12.0. The van der Waals surface area contributed by atoms with Crippen LogP contribution in [-0.4, -0.2) is 18.0 Å². The maximum atomic E-state index is 12.0. The van der Waals surface area contributed by atoms with Gasteiger partial charge in [-0.3, -0.25) is 0 Å². The molecule has 1 atom stereocenters. The molecular formula is C15H17NO2S. The lowest BCUT2D eigenvalue weighted by Gasteiger charge is -2.33. The van der Waals surface area contributed by atoms with Crippen LogP contribution in [0.3, 0.4) is 0 Å². The van der Waals surface area contributed by atoms with Gasteiger partial charge in [-0.1, -0.05) is 23.9 Å². The van der Waals surface area contributed by atoms with E-state index in [2.05, 4.69) is 23.1 Å². The zero-order valence-electron chi connectivity index (χ0n) is 11.2. The highest BCUT2D eigenvalue weighted by Gasteiger charge is 2.36. The Balaban J connectivity index is 1.99. The third-order valence-corrected chi connectivity index (χ3v) is 4.95. The Morgan fingerprint density at radius 3 is 3.05 bits per heavy atom. The highest BCUT2D eigenvalue weighted by molar-refractivity contribution is 8.00. The molecule has 0 aliphatic carbocycles.